The molecule has 7 rings (SSSR count). The van der Waals surface area contributed by atoms with Crippen molar-refractivity contribution in [3.05, 3.63) is 95.0 Å². The molecule has 0 spiro atoms. The summed E-state index contributed by atoms with van der Waals surface area (Å²) >= 11 is 8.14. The molecular weight excluding hydrogens is 814 g/mol. The van der Waals surface area contributed by atoms with E-state index in [1.165, 1.54) is 42.1 Å². The predicted octanol–water partition coefficient (Wildman–Crippen LogP) is 5.63. The average molecular weight is 853 g/mol. The van der Waals surface area contributed by atoms with Crippen molar-refractivity contribution in [2.75, 3.05) is 46.4 Å². The van der Waals surface area contributed by atoms with E-state index in [1.54, 1.807) is 46.0 Å². The number of rotatable bonds is 15. The summed E-state index contributed by atoms with van der Waals surface area (Å²) < 4.78 is 79.3. The number of furan rings is 1. The van der Waals surface area contributed by atoms with Crippen LogP contribution in [-0.4, -0.2) is 115 Å². The third kappa shape index (κ3) is 9.53. The molecule has 0 saturated carbocycles. The van der Waals surface area contributed by atoms with Crippen LogP contribution in [0, 0.1) is 12.9 Å². The van der Waals surface area contributed by atoms with E-state index in [9.17, 15) is 27.5 Å². The second-order valence-electron chi connectivity index (χ2n) is 14.7. The van der Waals surface area contributed by atoms with Crippen LogP contribution in [0.1, 0.15) is 16.8 Å². The van der Waals surface area contributed by atoms with Crippen molar-refractivity contribution in [1.82, 2.24) is 29.5 Å². The SMILES string of the molecule is BC(B)(Oc1ccccc1C[C@H](Oc1ncnc2sc(-c3ccc(F)o3)c(-c3ccc(OCCN4CCN(C)CC4)c(Cl)c3C)c12)C(=O)O)c1ccnn1CC(F)(F)F. The largest absolute Gasteiger partial charge is 0.499 e. The standard InChI is InChI=1S/C39H39B2ClF4N6O6S/c1-22-24(7-8-26(33(22)42)55-18-17-51-15-13-50(2)14-16-51)31-32-35(47-21-48-36(32)59-34(31)27-9-10-30(43)56-27)57-28(37(53)54)19-23-5-3-4-6-25(23)58-39(40,41)29-11-12-49-52(29)20-38(44,45)46/h3-12,21,28H,13-20,40-41H2,1-2H3,(H,53,54)/t28-/m0/s1. The molecule has 0 aliphatic carbocycles. The normalized spacial score (nSPS) is 14.8. The van der Waals surface area contributed by atoms with Gasteiger partial charge in [0.05, 0.1) is 26.4 Å². The highest BCUT2D eigenvalue weighted by molar-refractivity contribution is 7.22. The summed E-state index contributed by atoms with van der Waals surface area (Å²) in [5, 5.41) is 13.8. The summed E-state index contributed by atoms with van der Waals surface area (Å²) in [6, 6.07) is 13.5. The lowest BCUT2D eigenvalue weighted by Crippen LogP contribution is -2.45. The van der Waals surface area contributed by atoms with Gasteiger partial charge in [-0.2, -0.15) is 22.7 Å². The summed E-state index contributed by atoms with van der Waals surface area (Å²) in [5.41, 5.74) is 2.30. The lowest BCUT2D eigenvalue weighted by molar-refractivity contribution is -0.145. The Hall–Kier alpha value is -5.10. The van der Waals surface area contributed by atoms with Gasteiger partial charge in [-0.1, -0.05) is 35.9 Å². The van der Waals surface area contributed by atoms with Gasteiger partial charge >= 0.3 is 12.1 Å². The molecular formula is C39H39B2ClF4N6O6S. The summed E-state index contributed by atoms with van der Waals surface area (Å²) in [6.45, 7) is 5.53. The number of piperazine rings is 1. The second-order valence-corrected chi connectivity index (χ2v) is 16.0. The maximum absolute atomic E-state index is 14.3. The molecule has 1 aliphatic rings. The first-order chi connectivity index (χ1) is 28.1. The molecule has 308 valence electrons. The molecule has 12 nitrogen and oxygen atoms in total. The van der Waals surface area contributed by atoms with Gasteiger partial charge in [0.15, 0.2) is 15.7 Å². The maximum atomic E-state index is 14.3. The number of para-hydroxylation sites is 1. The van der Waals surface area contributed by atoms with E-state index in [0.29, 0.717) is 54.7 Å². The molecule has 6 aromatic rings. The number of carbonyl (C=O) groups is 1. The molecule has 1 saturated heterocycles. The van der Waals surface area contributed by atoms with Gasteiger partial charge in [0, 0.05) is 57.0 Å². The van der Waals surface area contributed by atoms with Crippen molar-refractivity contribution in [1.29, 1.82) is 0 Å². The van der Waals surface area contributed by atoms with Crippen molar-refractivity contribution in [3.8, 4) is 39.1 Å². The van der Waals surface area contributed by atoms with Crippen LogP contribution in [0.4, 0.5) is 17.6 Å². The lowest BCUT2D eigenvalue weighted by atomic mass is 9.63. The van der Waals surface area contributed by atoms with E-state index in [2.05, 4.69) is 31.9 Å². The molecule has 59 heavy (non-hydrogen) atoms. The highest BCUT2D eigenvalue weighted by Crippen LogP contribution is 2.50. The minimum atomic E-state index is -4.52. The minimum absolute atomic E-state index is 0.0651. The number of carboxylic acid groups (broad SMARTS) is 1. The molecule has 0 unspecified atom stereocenters. The molecule has 1 fully saturated rings. The number of fused-ring (bicyclic) bond motifs is 1. The molecule has 5 heterocycles. The number of nitrogens with zero attached hydrogens (tertiary/aromatic N) is 6. The van der Waals surface area contributed by atoms with E-state index in [4.69, 9.17) is 30.2 Å². The van der Waals surface area contributed by atoms with Gasteiger partial charge in [0.2, 0.25) is 12.0 Å². The number of aliphatic carboxylic acids is 1. The molecule has 20 heteroatoms. The van der Waals surface area contributed by atoms with E-state index in [-0.39, 0.29) is 29.5 Å². The number of hydrogen-bond acceptors (Lipinski definition) is 11. The Kier molecular flexibility index (Phi) is 12.3. The van der Waals surface area contributed by atoms with E-state index >= 15 is 0 Å². The topological polar surface area (TPSA) is 128 Å². The molecule has 1 N–H and O–H groups in total. The number of halogens is 5. The Balaban J connectivity index is 1.21. The van der Waals surface area contributed by atoms with Crippen LogP contribution in [0.5, 0.6) is 17.4 Å². The summed E-state index contributed by atoms with van der Waals surface area (Å²) in [6.07, 6.45) is -3.78. The van der Waals surface area contributed by atoms with Crippen LogP contribution in [-0.2, 0) is 23.2 Å². The zero-order chi connectivity index (χ0) is 42.1. The fraction of sp³-hybridized carbons (Fsp3) is 0.333. The van der Waals surface area contributed by atoms with Crippen LogP contribution in [0.25, 0.3) is 32.0 Å². The summed E-state index contributed by atoms with van der Waals surface area (Å²) in [7, 11) is 5.29. The molecule has 0 amide bonds. The number of ether oxygens (including phenoxy) is 3. The maximum Gasteiger partial charge on any atom is 0.408 e. The molecule has 1 atom stereocenters. The smallest absolute Gasteiger partial charge is 0.408 e. The Labute approximate surface area is 347 Å². The third-order valence-electron chi connectivity index (χ3n) is 10.1. The molecule has 4 aromatic heterocycles. The quantitative estimate of drug-likeness (QED) is 0.102. The molecule has 2 aromatic carbocycles. The highest BCUT2D eigenvalue weighted by atomic mass is 35.5. The number of likely N-dealkylation sites (N-methyl/N-ethyl adjacent to an activating group) is 1. The molecule has 0 radical (unpaired) electrons. The van der Waals surface area contributed by atoms with E-state index in [1.807, 2.05) is 13.0 Å². The van der Waals surface area contributed by atoms with Gasteiger partial charge in [-0.05, 0) is 54.9 Å². The average Bonchev–Trinajstić information content (AvgIpc) is 3.93. The van der Waals surface area contributed by atoms with Gasteiger partial charge in [-0.3, -0.25) is 9.58 Å². The number of alkyl halides is 3. The first kappa shape index (κ1) is 42.0. The van der Waals surface area contributed by atoms with Crippen LogP contribution in [0.2, 0.25) is 5.02 Å². The minimum Gasteiger partial charge on any atom is -0.499 e. The van der Waals surface area contributed by atoms with Crippen molar-refractivity contribution in [3.63, 3.8) is 0 Å². The fourth-order valence-corrected chi connectivity index (χ4v) is 8.34. The number of benzene rings is 2. The van der Waals surface area contributed by atoms with E-state index in [0.717, 1.165) is 37.4 Å². The number of hydrogen-bond donors (Lipinski definition) is 1. The Morgan fingerprint density at radius 1 is 1.05 bits per heavy atom. The van der Waals surface area contributed by atoms with Gasteiger partial charge in [0.25, 0.3) is 6.01 Å². The number of aromatic nitrogens is 4. The van der Waals surface area contributed by atoms with Crippen molar-refractivity contribution < 1.29 is 46.1 Å². The number of thiophene rings is 1. The van der Waals surface area contributed by atoms with Gasteiger partial charge in [0.1, 0.15) is 41.6 Å². The fourth-order valence-electron chi connectivity index (χ4n) is 7.01. The second kappa shape index (κ2) is 17.2. The zero-order valence-electron chi connectivity index (χ0n) is 32.6. The summed E-state index contributed by atoms with van der Waals surface area (Å²) in [5.74, 6) is -0.468. The molecule has 0 bridgehead atoms. The van der Waals surface area contributed by atoms with Crippen molar-refractivity contribution >= 4 is 54.8 Å². The monoisotopic (exact) mass is 852 g/mol. The van der Waals surface area contributed by atoms with E-state index < -0.39 is 36.2 Å². The Morgan fingerprint density at radius 3 is 2.53 bits per heavy atom. The van der Waals surface area contributed by atoms with Crippen LogP contribution in [0.3, 0.4) is 0 Å². The zero-order valence-corrected chi connectivity index (χ0v) is 34.1. The van der Waals surface area contributed by atoms with Gasteiger partial charge < -0.3 is 28.6 Å². The van der Waals surface area contributed by atoms with Gasteiger partial charge in [-0.25, -0.2) is 14.8 Å². The lowest BCUT2D eigenvalue weighted by Gasteiger charge is -2.32. The van der Waals surface area contributed by atoms with Gasteiger partial charge in [-0.15, -0.1) is 11.3 Å². The van der Waals surface area contributed by atoms with Crippen LogP contribution < -0.4 is 14.2 Å². The first-order valence-corrected chi connectivity index (χ1v) is 19.9. The predicted molar refractivity (Wildman–Crippen MR) is 220 cm³/mol. The summed E-state index contributed by atoms with van der Waals surface area (Å²) in [4.78, 5) is 27.3. The third-order valence-corrected chi connectivity index (χ3v) is 11.6. The van der Waals surface area contributed by atoms with Crippen molar-refractivity contribution in [2.24, 2.45) is 0 Å². The van der Waals surface area contributed by atoms with Crippen LogP contribution in [0.15, 0.2) is 71.5 Å². The number of carboxylic acids is 1. The van der Waals surface area contributed by atoms with Crippen LogP contribution >= 0.6 is 22.9 Å². The Bertz CT molecular complexity index is 2460. The first-order valence-electron chi connectivity index (χ1n) is 18.7. The Morgan fingerprint density at radius 2 is 1.81 bits per heavy atom. The highest BCUT2D eigenvalue weighted by Gasteiger charge is 2.35. The van der Waals surface area contributed by atoms with Crippen molar-refractivity contribution in [2.45, 2.75) is 37.6 Å². The molecule has 1 aliphatic heterocycles.